The lowest BCUT2D eigenvalue weighted by Crippen LogP contribution is -2.58. The topological polar surface area (TPSA) is 59.1 Å². The summed E-state index contributed by atoms with van der Waals surface area (Å²) in [5.74, 6) is 1.30. The smallest absolute Gasteiger partial charge is 0.250 e. The molecule has 1 atom stereocenters. The maximum Gasteiger partial charge on any atom is 0.250 e. The van der Waals surface area contributed by atoms with Crippen molar-refractivity contribution in [3.05, 3.63) is 35.4 Å². The minimum Gasteiger partial charge on any atom is -0.493 e. The zero-order valence-electron chi connectivity index (χ0n) is 20.2. The van der Waals surface area contributed by atoms with Crippen molar-refractivity contribution in [2.75, 3.05) is 27.3 Å². The summed E-state index contributed by atoms with van der Waals surface area (Å²) in [5, 5.41) is 0. The van der Waals surface area contributed by atoms with Gasteiger partial charge in [0.05, 0.1) is 14.2 Å². The van der Waals surface area contributed by atoms with Crippen molar-refractivity contribution in [1.29, 1.82) is 0 Å². The van der Waals surface area contributed by atoms with E-state index < -0.39 is 6.04 Å². The Bertz CT molecular complexity index is 873. The molecular weight excluding hydrogens is 416 g/mol. The average Bonchev–Trinajstić information content (AvgIpc) is 3.14. The van der Waals surface area contributed by atoms with E-state index in [9.17, 15) is 9.59 Å². The molecule has 0 spiro atoms. The van der Waals surface area contributed by atoms with E-state index in [0.717, 1.165) is 50.5 Å². The molecule has 2 amide bonds. The summed E-state index contributed by atoms with van der Waals surface area (Å²) in [6.07, 6.45) is 14.5. The van der Waals surface area contributed by atoms with Crippen molar-refractivity contribution in [2.45, 2.75) is 82.7 Å². The summed E-state index contributed by atoms with van der Waals surface area (Å²) in [4.78, 5) is 31.1. The number of carbonyl (C=O) groups is 2. The van der Waals surface area contributed by atoms with E-state index >= 15 is 0 Å². The minimum atomic E-state index is -0.613. The van der Waals surface area contributed by atoms with Crippen molar-refractivity contribution in [1.82, 2.24) is 9.80 Å². The molecule has 1 aliphatic heterocycles. The molecule has 0 bridgehead atoms. The molecule has 4 rings (SSSR count). The highest BCUT2D eigenvalue weighted by Crippen LogP contribution is 2.37. The lowest BCUT2D eigenvalue weighted by Gasteiger charge is -2.44. The van der Waals surface area contributed by atoms with Crippen molar-refractivity contribution in [3.8, 4) is 11.5 Å². The number of methoxy groups -OCH3 is 2. The number of hydrogen-bond donors (Lipinski definition) is 0. The maximum atomic E-state index is 13.9. The number of benzene rings is 1. The van der Waals surface area contributed by atoms with E-state index in [-0.39, 0.29) is 24.4 Å². The van der Waals surface area contributed by atoms with Crippen LogP contribution < -0.4 is 9.47 Å². The highest BCUT2D eigenvalue weighted by Gasteiger charge is 2.42. The van der Waals surface area contributed by atoms with Crippen LogP contribution in [0, 0.1) is 0 Å². The van der Waals surface area contributed by atoms with Gasteiger partial charge in [-0.05, 0) is 62.6 Å². The Morgan fingerprint density at radius 1 is 0.939 bits per heavy atom. The molecule has 0 radical (unpaired) electrons. The molecule has 6 nitrogen and oxygen atoms in total. The van der Waals surface area contributed by atoms with Crippen molar-refractivity contribution in [2.24, 2.45) is 0 Å². The second-order valence-corrected chi connectivity index (χ2v) is 9.57. The number of rotatable bonds is 7. The average molecular weight is 455 g/mol. The molecule has 180 valence electrons. The molecule has 1 saturated heterocycles. The SMILES string of the molecule is COc1ccc(C2C(=O)N(C3CCCCCC3)CC(=O)N2CCC2=CCCCC2)cc1OC. The Balaban J connectivity index is 1.64. The summed E-state index contributed by atoms with van der Waals surface area (Å²) in [6.45, 7) is 0.778. The molecule has 1 aromatic rings. The predicted molar refractivity (Wildman–Crippen MR) is 128 cm³/mol. The molecular formula is C27H38N2O4. The van der Waals surface area contributed by atoms with Gasteiger partial charge in [0.2, 0.25) is 5.91 Å². The normalized spacial score (nSPS) is 22.7. The maximum absolute atomic E-state index is 13.9. The van der Waals surface area contributed by atoms with Crippen LogP contribution in [-0.2, 0) is 9.59 Å². The number of piperazine rings is 1. The van der Waals surface area contributed by atoms with Crippen LogP contribution in [0.3, 0.4) is 0 Å². The number of carbonyl (C=O) groups excluding carboxylic acids is 2. The van der Waals surface area contributed by atoms with Crippen LogP contribution >= 0.6 is 0 Å². The Morgan fingerprint density at radius 3 is 2.36 bits per heavy atom. The van der Waals surface area contributed by atoms with E-state index in [4.69, 9.17) is 9.47 Å². The highest BCUT2D eigenvalue weighted by atomic mass is 16.5. The quantitative estimate of drug-likeness (QED) is 0.428. The molecule has 6 heteroatoms. The molecule has 1 heterocycles. The molecule has 2 fully saturated rings. The van der Waals surface area contributed by atoms with E-state index in [1.807, 2.05) is 28.0 Å². The van der Waals surface area contributed by atoms with Gasteiger partial charge in [-0.2, -0.15) is 0 Å². The fourth-order valence-electron chi connectivity index (χ4n) is 5.62. The third-order valence-corrected chi connectivity index (χ3v) is 7.50. The molecule has 33 heavy (non-hydrogen) atoms. The highest BCUT2D eigenvalue weighted by molar-refractivity contribution is 5.96. The minimum absolute atomic E-state index is 0.0475. The molecule has 1 unspecified atom stereocenters. The standard InChI is InChI=1S/C27H38N2O4/c1-32-23-15-14-21(18-24(23)33-2)26-27(31)29(22-12-8-3-4-9-13-22)19-25(30)28(26)17-16-20-10-6-5-7-11-20/h10,14-15,18,22,26H,3-9,11-13,16-17,19H2,1-2H3. The molecule has 3 aliphatic rings. The van der Waals surface area contributed by atoms with Gasteiger partial charge in [0, 0.05) is 12.6 Å². The van der Waals surface area contributed by atoms with Gasteiger partial charge >= 0.3 is 0 Å². The molecule has 1 aromatic carbocycles. The van der Waals surface area contributed by atoms with Crippen molar-refractivity contribution < 1.29 is 19.1 Å². The fourth-order valence-corrected chi connectivity index (χ4v) is 5.62. The van der Waals surface area contributed by atoms with Gasteiger partial charge in [0.15, 0.2) is 11.5 Å². The van der Waals surface area contributed by atoms with Crippen LogP contribution in [0.2, 0.25) is 0 Å². The first-order valence-electron chi connectivity index (χ1n) is 12.6. The van der Waals surface area contributed by atoms with Gasteiger partial charge in [-0.3, -0.25) is 9.59 Å². The van der Waals surface area contributed by atoms with Gasteiger partial charge in [-0.15, -0.1) is 0 Å². The van der Waals surface area contributed by atoms with E-state index in [2.05, 4.69) is 6.08 Å². The Hall–Kier alpha value is -2.50. The first-order valence-corrected chi connectivity index (χ1v) is 12.6. The Morgan fingerprint density at radius 2 is 1.70 bits per heavy atom. The number of nitrogens with zero attached hydrogens (tertiary/aromatic N) is 2. The van der Waals surface area contributed by atoms with E-state index in [1.54, 1.807) is 14.2 Å². The lowest BCUT2D eigenvalue weighted by molar-refractivity contribution is -0.158. The molecule has 2 aliphatic carbocycles. The predicted octanol–water partition coefficient (Wildman–Crippen LogP) is 5.03. The van der Waals surface area contributed by atoms with Gasteiger partial charge in [-0.1, -0.05) is 43.4 Å². The van der Waals surface area contributed by atoms with E-state index in [0.29, 0.717) is 18.0 Å². The van der Waals surface area contributed by atoms with Gasteiger partial charge in [0.1, 0.15) is 12.6 Å². The second-order valence-electron chi connectivity index (χ2n) is 9.57. The third-order valence-electron chi connectivity index (χ3n) is 7.50. The summed E-state index contributed by atoms with van der Waals surface area (Å²) < 4.78 is 10.9. The number of amides is 2. The summed E-state index contributed by atoms with van der Waals surface area (Å²) in [6, 6.07) is 5.14. The van der Waals surface area contributed by atoms with Crippen LogP contribution in [0.4, 0.5) is 0 Å². The second kappa shape index (κ2) is 11.1. The number of hydrogen-bond acceptors (Lipinski definition) is 4. The first-order chi connectivity index (χ1) is 16.1. The zero-order valence-corrected chi connectivity index (χ0v) is 20.2. The fraction of sp³-hybridized carbons (Fsp3) is 0.630. The van der Waals surface area contributed by atoms with Crippen LogP contribution in [0.15, 0.2) is 29.8 Å². The first kappa shape index (κ1) is 23.7. The summed E-state index contributed by atoms with van der Waals surface area (Å²) in [7, 11) is 3.20. The van der Waals surface area contributed by atoms with Gasteiger partial charge in [0.25, 0.3) is 5.91 Å². The summed E-state index contributed by atoms with van der Waals surface area (Å²) in [5.41, 5.74) is 2.21. The molecule has 1 saturated carbocycles. The van der Waals surface area contributed by atoms with Crippen molar-refractivity contribution in [3.63, 3.8) is 0 Å². The van der Waals surface area contributed by atoms with Crippen molar-refractivity contribution >= 4 is 11.8 Å². The number of allylic oxidation sites excluding steroid dienone is 1. The largest absolute Gasteiger partial charge is 0.493 e. The monoisotopic (exact) mass is 454 g/mol. The molecule has 0 N–H and O–H groups in total. The molecule has 0 aromatic heterocycles. The lowest BCUT2D eigenvalue weighted by atomic mass is 9.94. The number of ether oxygens (including phenoxy) is 2. The zero-order chi connectivity index (χ0) is 23.2. The van der Waals surface area contributed by atoms with Gasteiger partial charge < -0.3 is 19.3 Å². The Kier molecular flexibility index (Phi) is 7.94. The van der Waals surface area contributed by atoms with E-state index in [1.165, 1.54) is 31.3 Å². The third kappa shape index (κ3) is 5.36. The Labute approximate surface area is 197 Å². The van der Waals surface area contributed by atoms with Crippen LogP contribution in [0.1, 0.15) is 82.2 Å². The van der Waals surface area contributed by atoms with Crippen LogP contribution in [-0.4, -0.2) is 55.0 Å². The summed E-state index contributed by atoms with van der Waals surface area (Å²) >= 11 is 0. The van der Waals surface area contributed by atoms with Crippen LogP contribution in [0.25, 0.3) is 0 Å². The van der Waals surface area contributed by atoms with Crippen LogP contribution in [0.5, 0.6) is 11.5 Å². The van der Waals surface area contributed by atoms with Gasteiger partial charge in [-0.25, -0.2) is 0 Å².